The molecule has 1 saturated heterocycles. The molecule has 1 aliphatic rings. The number of amides is 1. The number of morpholine rings is 1. The first kappa shape index (κ1) is 18.0. The summed E-state index contributed by atoms with van der Waals surface area (Å²) in [6.45, 7) is 6.57. The number of aryl methyl sites for hydroxylation is 1. The van der Waals surface area contributed by atoms with Crippen LogP contribution in [0.15, 0.2) is 36.0 Å². The van der Waals surface area contributed by atoms with Crippen molar-refractivity contribution in [1.82, 2.24) is 10.2 Å². The lowest BCUT2D eigenvalue weighted by molar-refractivity contribution is -0.117. The van der Waals surface area contributed by atoms with Crippen molar-refractivity contribution in [3.63, 3.8) is 0 Å². The minimum atomic E-state index is -0.354. The van der Waals surface area contributed by atoms with Crippen molar-refractivity contribution in [2.45, 2.75) is 13.3 Å². The van der Waals surface area contributed by atoms with Crippen molar-refractivity contribution in [3.05, 3.63) is 41.6 Å². The molecule has 0 radical (unpaired) electrons. The van der Waals surface area contributed by atoms with Gasteiger partial charge < -0.3 is 15.4 Å². The third-order valence-corrected chi connectivity index (χ3v) is 3.95. The molecule has 6 nitrogen and oxygen atoms in total. The van der Waals surface area contributed by atoms with Crippen LogP contribution in [-0.2, 0) is 16.0 Å². The highest BCUT2D eigenvalue weighted by Gasteiger charge is 2.12. The minimum absolute atomic E-state index is 0.0721. The van der Waals surface area contributed by atoms with Gasteiger partial charge >= 0.3 is 0 Å². The van der Waals surface area contributed by atoms with Gasteiger partial charge in [0.1, 0.15) is 11.6 Å². The molecular formula is C18H24N4O2. The van der Waals surface area contributed by atoms with Crippen molar-refractivity contribution >= 4 is 11.6 Å². The molecule has 0 atom stereocenters. The third-order valence-electron chi connectivity index (χ3n) is 3.95. The Kier molecular flexibility index (Phi) is 7.27. The van der Waals surface area contributed by atoms with Crippen molar-refractivity contribution in [2.24, 2.45) is 0 Å². The van der Waals surface area contributed by atoms with E-state index in [0.717, 1.165) is 50.5 Å². The number of nitrogens with zero attached hydrogens (tertiary/aromatic N) is 2. The van der Waals surface area contributed by atoms with Crippen LogP contribution in [0.3, 0.4) is 0 Å². The molecule has 0 bridgehead atoms. The van der Waals surface area contributed by atoms with Crippen LogP contribution in [0.2, 0.25) is 0 Å². The van der Waals surface area contributed by atoms with Gasteiger partial charge in [0, 0.05) is 38.1 Å². The molecule has 0 aliphatic carbocycles. The van der Waals surface area contributed by atoms with Crippen molar-refractivity contribution in [2.75, 3.05) is 44.7 Å². The molecule has 24 heavy (non-hydrogen) atoms. The van der Waals surface area contributed by atoms with Crippen molar-refractivity contribution < 1.29 is 9.53 Å². The van der Waals surface area contributed by atoms with E-state index in [4.69, 9.17) is 4.74 Å². The van der Waals surface area contributed by atoms with Gasteiger partial charge in [-0.05, 0) is 18.1 Å². The van der Waals surface area contributed by atoms with E-state index in [-0.39, 0.29) is 11.5 Å². The maximum absolute atomic E-state index is 12.1. The van der Waals surface area contributed by atoms with Crippen LogP contribution in [0.4, 0.5) is 5.69 Å². The number of para-hydroxylation sites is 1. The number of anilines is 1. The van der Waals surface area contributed by atoms with Crippen LogP contribution in [0.5, 0.6) is 0 Å². The lowest BCUT2D eigenvalue weighted by atomic mass is 10.1. The maximum atomic E-state index is 12.1. The summed E-state index contributed by atoms with van der Waals surface area (Å²) in [4.78, 5) is 14.3. The summed E-state index contributed by atoms with van der Waals surface area (Å²) in [6.07, 6.45) is 2.35. The normalized spacial score (nSPS) is 15.6. The average molecular weight is 328 g/mol. The summed E-state index contributed by atoms with van der Waals surface area (Å²) < 4.78 is 5.29. The zero-order valence-electron chi connectivity index (χ0n) is 14.0. The molecule has 1 amide bonds. The second-order valence-corrected chi connectivity index (χ2v) is 5.53. The highest BCUT2D eigenvalue weighted by atomic mass is 16.5. The summed E-state index contributed by atoms with van der Waals surface area (Å²) in [6, 6.07) is 9.79. The number of hydrogen-bond donors (Lipinski definition) is 2. The van der Waals surface area contributed by atoms with Gasteiger partial charge in [-0.1, -0.05) is 25.1 Å². The van der Waals surface area contributed by atoms with E-state index in [0.29, 0.717) is 6.54 Å². The molecular weight excluding hydrogens is 304 g/mol. The average Bonchev–Trinajstić information content (AvgIpc) is 2.63. The number of rotatable bonds is 7. The first-order chi connectivity index (χ1) is 11.7. The van der Waals surface area contributed by atoms with Gasteiger partial charge in [-0.15, -0.1) is 0 Å². The summed E-state index contributed by atoms with van der Waals surface area (Å²) in [5.74, 6) is -0.354. The van der Waals surface area contributed by atoms with Crippen molar-refractivity contribution in [1.29, 1.82) is 5.26 Å². The predicted octanol–water partition coefficient (Wildman–Crippen LogP) is 1.52. The quantitative estimate of drug-likeness (QED) is 0.586. The number of nitriles is 1. The number of ether oxygens (including phenoxy) is 1. The predicted molar refractivity (Wildman–Crippen MR) is 93.4 cm³/mol. The van der Waals surface area contributed by atoms with Crippen LogP contribution >= 0.6 is 0 Å². The smallest absolute Gasteiger partial charge is 0.263 e. The lowest BCUT2D eigenvalue weighted by Crippen LogP contribution is -2.41. The molecule has 128 valence electrons. The van der Waals surface area contributed by atoms with Gasteiger partial charge in [0.15, 0.2) is 0 Å². The second kappa shape index (κ2) is 9.71. The van der Waals surface area contributed by atoms with Crippen LogP contribution in [-0.4, -0.2) is 50.2 Å². The van der Waals surface area contributed by atoms with Crippen LogP contribution in [0, 0.1) is 11.3 Å². The molecule has 1 aromatic carbocycles. The minimum Gasteiger partial charge on any atom is -0.379 e. The molecule has 0 unspecified atom stereocenters. The van der Waals surface area contributed by atoms with Gasteiger partial charge in [-0.25, -0.2) is 0 Å². The fourth-order valence-corrected chi connectivity index (χ4v) is 2.52. The summed E-state index contributed by atoms with van der Waals surface area (Å²) >= 11 is 0. The van der Waals surface area contributed by atoms with E-state index in [2.05, 4.69) is 22.5 Å². The summed E-state index contributed by atoms with van der Waals surface area (Å²) in [7, 11) is 0. The van der Waals surface area contributed by atoms with E-state index in [1.165, 1.54) is 6.20 Å². The molecule has 1 fully saturated rings. The number of carbonyl (C=O) groups is 1. The highest BCUT2D eigenvalue weighted by Crippen LogP contribution is 2.15. The van der Waals surface area contributed by atoms with E-state index in [1.54, 1.807) is 0 Å². The maximum Gasteiger partial charge on any atom is 0.263 e. The molecule has 1 aliphatic heterocycles. The zero-order valence-corrected chi connectivity index (χ0v) is 14.0. The van der Waals surface area contributed by atoms with Gasteiger partial charge in [0.25, 0.3) is 5.91 Å². The number of nitrogens with one attached hydrogen (secondary N) is 2. The third kappa shape index (κ3) is 5.37. The summed E-state index contributed by atoms with van der Waals surface area (Å²) in [5.41, 5.74) is 2.12. The Balaban J connectivity index is 1.85. The van der Waals surface area contributed by atoms with E-state index in [9.17, 15) is 10.1 Å². The van der Waals surface area contributed by atoms with Crippen molar-refractivity contribution in [3.8, 4) is 6.07 Å². The molecule has 1 heterocycles. The fraction of sp³-hybridized carbons (Fsp3) is 0.444. The Hall–Kier alpha value is -2.36. The van der Waals surface area contributed by atoms with E-state index >= 15 is 0 Å². The first-order valence-electron chi connectivity index (χ1n) is 8.27. The Labute approximate surface area is 143 Å². The first-order valence-corrected chi connectivity index (χ1v) is 8.27. The number of hydrogen-bond acceptors (Lipinski definition) is 5. The van der Waals surface area contributed by atoms with Gasteiger partial charge in [-0.2, -0.15) is 5.26 Å². The van der Waals surface area contributed by atoms with Gasteiger partial charge in [-0.3, -0.25) is 9.69 Å². The number of benzene rings is 1. The monoisotopic (exact) mass is 328 g/mol. The molecule has 6 heteroatoms. The largest absolute Gasteiger partial charge is 0.379 e. The van der Waals surface area contributed by atoms with Gasteiger partial charge in [0.05, 0.1) is 13.2 Å². The zero-order chi connectivity index (χ0) is 17.2. The Morgan fingerprint density at radius 2 is 2.12 bits per heavy atom. The van der Waals surface area contributed by atoms with Crippen LogP contribution < -0.4 is 10.6 Å². The molecule has 1 aromatic rings. The van der Waals surface area contributed by atoms with Crippen LogP contribution in [0.25, 0.3) is 0 Å². The molecule has 0 spiro atoms. The van der Waals surface area contributed by atoms with E-state index < -0.39 is 0 Å². The lowest BCUT2D eigenvalue weighted by Gasteiger charge is -2.26. The van der Waals surface area contributed by atoms with E-state index in [1.807, 2.05) is 30.3 Å². The number of carbonyl (C=O) groups excluding carboxylic acids is 1. The standard InChI is InChI=1S/C18H24N4O2/c1-2-15-5-3-4-6-17(15)21-14-16(13-19)18(23)20-7-8-22-9-11-24-12-10-22/h3-6,14,21H,2,7-12H2,1H3,(H,20,23)/b16-14-. The Morgan fingerprint density at radius 3 is 2.83 bits per heavy atom. The summed E-state index contributed by atoms with van der Waals surface area (Å²) in [5, 5.41) is 15.1. The second-order valence-electron chi connectivity index (χ2n) is 5.53. The molecule has 0 saturated carbocycles. The molecule has 0 aromatic heterocycles. The Bertz CT molecular complexity index is 616. The Morgan fingerprint density at radius 1 is 1.38 bits per heavy atom. The molecule has 2 N–H and O–H groups in total. The topological polar surface area (TPSA) is 77.4 Å². The van der Waals surface area contributed by atoms with Crippen LogP contribution in [0.1, 0.15) is 12.5 Å². The van der Waals surface area contributed by atoms with Gasteiger partial charge in [0.2, 0.25) is 0 Å². The highest BCUT2D eigenvalue weighted by molar-refractivity contribution is 5.97. The fourth-order valence-electron chi connectivity index (χ4n) is 2.52. The SMILES string of the molecule is CCc1ccccc1N/C=C(/C#N)C(=O)NCCN1CCOCC1. The molecule has 2 rings (SSSR count).